The Morgan fingerprint density at radius 1 is 1.16 bits per heavy atom. The topological polar surface area (TPSA) is 40.5 Å². The molecule has 0 aromatic heterocycles. The van der Waals surface area contributed by atoms with Crippen LogP contribution >= 0.6 is 0 Å². The van der Waals surface area contributed by atoms with Crippen molar-refractivity contribution in [2.24, 2.45) is 0 Å². The maximum atomic E-state index is 10.6. The van der Waals surface area contributed by atoms with Gasteiger partial charge in [0, 0.05) is 25.2 Å². The monoisotopic (exact) mass is 259 g/mol. The van der Waals surface area contributed by atoms with Gasteiger partial charge in [-0.25, -0.2) is 0 Å². The van der Waals surface area contributed by atoms with E-state index in [4.69, 9.17) is 5.11 Å². The Balaban J connectivity index is 1.82. The first kappa shape index (κ1) is 12.5. The summed E-state index contributed by atoms with van der Waals surface area (Å²) in [5.41, 5.74) is 5.82. The number of carbonyl (C=O) groups is 1. The molecule has 0 bridgehead atoms. The molecule has 3 heteroatoms. The zero-order valence-electron chi connectivity index (χ0n) is 11.3. The van der Waals surface area contributed by atoms with Gasteiger partial charge in [-0.2, -0.15) is 0 Å². The molecule has 1 N–H and O–H groups in total. The summed E-state index contributed by atoms with van der Waals surface area (Å²) in [5, 5.41) is 8.72. The molecule has 1 aromatic carbocycles. The van der Waals surface area contributed by atoms with E-state index in [1.165, 1.54) is 61.2 Å². The first-order valence-electron chi connectivity index (χ1n) is 7.35. The van der Waals surface area contributed by atoms with Gasteiger partial charge in [0.15, 0.2) is 0 Å². The van der Waals surface area contributed by atoms with Gasteiger partial charge in [0.25, 0.3) is 0 Å². The van der Waals surface area contributed by atoms with Gasteiger partial charge in [-0.15, -0.1) is 0 Å². The number of aliphatic carboxylic acids is 1. The summed E-state index contributed by atoms with van der Waals surface area (Å²) >= 11 is 0. The van der Waals surface area contributed by atoms with Gasteiger partial charge in [-0.1, -0.05) is 12.1 Å². The lowest BCUT2D eigenvalue weighted by atomic mass is 9.89. The summed E-state index contributed by atoms with van der Waals surface area (Å²) in [7, 11) is 0. The van der Waals surface area contributed by atoms with Crippen molar-refractivity contribution >= 4 is 11.7 Å². The van der Waals surface area contributed by atoms with E-state index >= 15 is 0 Å². The van der Waals surface area contributed by atoms with Crippen LogP contribution in [-0.2, 0) is 24.1 Å². The number of nitrogens with zero attached hydrogens (tertiary/aromatic N) is 1. The van der Waals surface area contributed by atoms with Gasteiger partial charge < -0.3 is 10.0 Å². The summed E-state index contributed by atoms with van der Waals surface area (Å²) in [4.78, 5) is 13.1. The second-order valence-corrected chi connectivity index (χ2v) is 5.70. The van der Waals surface area contributed by atoms with Crippen LogP contribution in [0.3, 0.4) is 0 Å². The minimum Gasteiger partial charge on any atom is -0.481 e. The highest BCUT2D eigenvalue weighted by molar-refractivity contribution is 5.67. The van der Waals surface area contributed by atoms with Crippen LogP contribution in [0.25, 0.3) is 0 Å². The average molecular weight is 259 g/mol. The van der Waals surface area contributed by atoms with E-state index in [-0.39, 0.29) is 6.42 Å². The second kappa shape index (κ2) is 5.24. The molecule has 3 nitrogen and oxygen atoms in total. The SMILES string of the molecule is O=C(O)CCCc1cc2c3c(c1)CCCN3CCC2. The van der Waals surface area contributed by atoms with Gasteiger partial charge in [-0.3, -0.25) is 4.79 Å². The van der Waals surface area contributed by atoms with E-state index in [0.29, 0.717) is 0 Å². The van der Waals surface area contributed by atoms with Crippen molar-refractivity contribution in [2.75, 3.05) is 18.0 Å². The average Bonchev–Trinajstić information content (AvgIpc) is 2.39. The molecular weight excluding hydrogens is 238 g/mol. The molecule has 2 aliphatic rings. The minimum absolute atomic E-state index is 0.276. The molecule has 0 fully saturated rings. The molecule has 0 atom stereocenters. The third-order valence-corrected chi connectivity index (χ3v) is 4.25. The Labute approximate surface area is 114 Å². The van der Waals surface area contributed by atoms with Crippen LogP contribution in [0.5, 0.6) is 0 Å². The summed E-state index contributed by atoms with van der Waals surface area (Å²) in [6, 6.07) is 4.64. The molecular formula is C16H21NO2. The van der Waals surface area contributed by atoms with Crippen molar-refractivity contribution in [3.05, 3.63) is 28.8 Å². The van der Waals surface area contributed by atoms with Crippen LogP contribution in [0.1, 0.15) is 42.4 Å². The maximum Gasteiger partial charge on any atom is 0.303 e. The van der Waals surface area contributed by atoms with E-state index in [2.05, 4.69) is 17.0 Å². The van der Waals surface area contributed by atoms with Crippen molar-refractivity contribution in [3.8, 4) is 0 Å². The number of aryl methyl sites for hydroxylation is 3. The fraction of sp³-hybridized carbons (Fsp3) is 0.562. The van der Waals surface area contributed by atoms with Crippen molar-refractivity contribution in [1.82, 2.24) is 0 Å². The Morgan fingerprint density at radius 2 is 1.79 bits per heavy atom. The third kappa shape index (κ3) is 2.60. The van der Waals surface area contributed by atoms with Gasteiger partial charge in [0.1, 0.15) is 0 Å². The van der Waals surface area contributed by atoms with E-state index in [1.807, 2.05) is 0 Å². The Bertz CT molecular complexity index is 465. The highest BCUT2D eigenvalue weighted by Gasteiger charge is 2.23. The molecule has 3 rings (SSSR count). The molecule has 0 aliphatic carbocycles. The predicted molar refractivity (Wildman–Crippen MR) is 75.9 cm³/mol. The zero-order valence-corrected chi connectivity index (χ0v) is 11.3. The van der Waals surface area contributed by atoms with E-state index in [0.717, 1.165) is 12.8 Å². The van der Waals surface area contributed by atoms with Crippen molar-refractivity contribution in [1.29, 1.82) is 0 Å². The first-order valence-corrected chi connectivity index (χ1v) is 7.35. The van der Waals surface area contributed by atoms with E-state index in [9.17, 15) is 4.79 Å². The summed E-state index contributed by atoms with van der Waals surface area (Å²) in [6.07, 6.45) is 6.80. The first-order chi connectivity index (χ1) is 9.24. The van der Waals surface area contributed by atoms with E-state index in [1.54, 1.807) is 0 Å². The van der Waals surface area contributed by atoms with Crippen molar-refractivity contribution < 1.29 is 9.90 Å². The molecule has 2 aliphatic heterocycles. The van der Waals surface area contributed by atoms with Crippen molar-refractivity contribution in [3.63, 3.8) is 0 Å². The fourth-order valence-electron chi connectivity index (χ4n) is 3.46. The van der Waals surface area contributed by atoms with Crippen LogP contribution in [-0.4, -0.2) is 24.2 Å². The molecule has 0 saturated heterocycles. The highest BCUT2D eigenvalue weighted by Crippen LogP contribution is 2.36. The van der Waals surface area contributed by atoms with Crippen LogP contribution in [0, 0.1) is 0 Å². The molecule has 102 valence electrons. The Hall–Kier alpha value is -1.51. The normalized spacial score (nSPS) is 17.2. The molecule has 0 spiro atoms. The molecule has 0 amide bonds. The van der Waals surface area contributed by atoms with Crippen molar-refractivity contribution in [2.45, 2.75) is 44.9 Å². The van der Waals surface area contributed by atoms with Gasteiger partial charge in [0.05, 0.1) is 0 Å². The van der Waals surface area contributed by atoms with Gasteiger partial charge in [-0.05, 0) is 55.2 Å². The number of benzene rings is 1. The number of carboxylic acid groups (broad SMARTS) is 1. The zero-order chi connectivity index (χ0) is 13.2. The summed E-state index contributed by atoms with van der Waals surface area (Å²) < 4.78 is 0. The number of hydrogen-bond acceptors (Lipinski definition) is 2. The molecule has 0 unspecified atom stereocenters. The third-order valence-electron chi connectivity index (χ3n) is 4.25. The van der Waals surface area contributed by atoms with E-state index < -0.39 is 5.97 Å². The van der Waals surface area contributed by atoms with Crippen LogP contribution in [0.2, 0.25) is 0 Å². The maximum absolute atomic E-state index is 10.6. The lowest BCUT2D eigenvalue weighted by Gasteiger charge is -2.37. The van der Waals surface area contributed by atoms with Crippen LogP contribution in [0.4, 0.5) is 5.69 Å². The summed E-state index contributed by atoms with van der Waals surface area (Å²) in [6.45, 7) is 2.41. The molecule has 1 aromatic rings. The molecule has 0 radical (unpaired) electrons. The second-order valence-electron chi connectivity index (χ2n) is 5.70. The predicted octanol–water partition coefficient (Wildman–Crippen LogP) is 2.79. The molecule has 19 heavy (non-hydrogen) atoms. The van der Waals surface area contributed by atoms with Crippen LogP contribution < -0.4 is 4.90 Å². The van der Waals surface area contributed by atoms with Gasteiger partial charge >= 0.3 is 5.97 Å². The number of carboxylic acids is 1. The largest absolute Gasteiger partial charge is 0.481 e. The number of hydrogen-bond donors (Lipinski definition) is 1. The summed E-state index contributed by atoms with van der Waals surface area (Å²) in [5.74, 6) is -0.689. The quantitative estimate of drug-likeness (QED) is 0.904. The van der Waals surface area contributed by atoms with Gasteiger partial charge in [0.2, 0.25) is 0 Å². The molecule has 0 saturated carbocycles. The minimum atomic E-state index is -0.689. The van der Waals surface area contributed by atoms with Crippen LogP contribution in [0.15, 0.2) is 12.1 Å². The lowest BCUT2D eigenvalue weighted by molar-refractivity contribution is -0.137. The Morgan fingerprint density at radius 3 is 2.37 bits per heavy atom. The standard InChI is InChI=1S/C16H21NO2/c18-15(19)7-1-4-12-10-13-5-2-8-17-9-3-6-14(11-12)16(13)17/h10-11H,1-9H2,(H,18,19). The molecule has 2 heterocycles. The highest BCUT2D eigenvalue weighted by atomic mass is 16.4. The Kier molecular flexibility index (Phi) is 3.45. The number of anilines is 1. The lowest BCUT2D eigenvalue weighted by Crippen LogP contribution is -2.34. The number of rotatable bonds is 4. The fourth-order valence-corrected chi connectivity index (χ4v) is 3.46. The smallest absolute Gasteiger partial charge is 0.303 e.